The average molecular weight is 835 g/mol. The van der Waals surface area contributed by atoms with Crippen molar-refractivity contribution in [3.05, 3.63) is 255 Å². The van der Waals surface area contributed by atoms with Gasteiger partial charge in [0.05, 0.1) is 0 Å². The van der Waals surface area contributed by atoms with Gasteiger partial charge >= 0.3 is 0 Å². The second-order valence-electron chi connectivity index (χ2n) is 17.5. The Kier molecular flexibility index (Phi) is 8.96. The highest BCUT2D eigenvalue weighted by molar-refractivity contribution is 6.30. The van der Waals surface area contributed by atoms with Gasteiger partial charge in [-0.2, -0.15) is 0 Å². The van der Waals surface area contributed by atoms with Crippen molar-refractivity contribution in [2.75, 3.05) is 0 Å². The Morgan fingerprint density at radius 2 is 0.515 bits per heavy atom. The van der Waals surface area contributed by atoms with E-state index in [0.29, 0.717) is 0 Å². The lowest BCUT2D eigenvalue weighted by atomic mass is 9.80. The summed E-state index contributed by atoms with van der Waals surface area (Å²) < 4.78 is 0. The number of hydrogen-bond acceptors (Lipinski definition) is 0. The highest BCUT2D eigenvalue weighted by Gasteiger charge is 2.23. The van der Waals surface area contributed by atoms with E-state index in [1.807, 2.05) is 0 Å². The quantitative estimate of drug-likeness (QED) is 0.146. The molecule has 0 nitrogen and oxygen atoms in total. The molecule has 0 aliphatic carbocycles. The average Bonchev–Trinajstić information content (AvgIpc) is 3.39. The minimum absolute atomic E-state index is 1.20. The van der Waals surface area contributed by atoms with E-state index in [2.05, 4.69) is 255 Å². The maximum absolute atomic E-state index is 2.41. The lowest BCUT2D eigenvalue weighted by Crippen LogP contribution is -1.95. The van der Waals surface area contributed by atoms with E-state index in [1.54, 1.807) is 0 Å². The molecule has 0 bridgehead atoms. The molecule has 0 saturated heterocycles. The molecule has 66 heavy (non-hydrogen) atoms. The Labute approximate surface area is 384 Å². The molecule has 0 unspecified atom stereocenters. The van der Waals surface area contributed by atoms with Crippen molar-refractivity contribution in [2.45, 2.75) is 0 Å². The maximum atomic E-state index is 2.41. The molecule has 0 aromatic heterocycles. The van der Waals surface area contributed by atoms with Gasteiger partial charge in [-0.1, -0.05) is 237 Å². The molecule has 0 aliphatic rings. The lowest BCUT2D eigenvalue weighted by molar-refractivity contribution is 1.60. The van der Waals surface area contributed by atoms with E-state index in [9.17, 15) is 0 Å². The molecule has 13 aromatic carbocycles. The zero-order valence-electron chi connectivity index (χ0n) is 36.2. The Morgan fingerprint density at radius 1 is 0.152 bits per heavy atom. The molecule has 0 heteroatoms. The van der Waals surface area contributed by atoms with Gasteiger partial charge in [-0.15, -0.1) is 0 Å². The third-order valence-corrected chi connectivity index (χ3v) is 13.8. The van der Waals surface area contributed by atoms with Crippen molar-refractivity contribution in [1.82, 2.24) is 0 Å². The number of fused-ring (bicyclic) bond motifs is 6. The molecule has 0 heterocycles. The summed E-state index contributed by atoms with van der Waals surface area (Å²) in [7, 11) is 0. The van der Waals surface area contributed by atoms with Gasteiger partial charge in [0.1, 0.15) is 0 Å². The number of rotatable bonds is 6. The van der Waals surface area contributed by atoms with Crippen molar-refractivity contribution in [2.24, 2.45) is 0 Å². The second-order valence-corrected chi connectivity index (χ2v) is 17.5. The second kappa shape index (κ2) is 15.6. The molecule has 0 radical (unpaired) electrons. The summed E-state index contributed by atoms with van der Waals surface area (Å²) in [5, 5.41) is 15.0. The van der Waals surface area contributed by atoms with Crippen LogP contribution in [0.3, 0.4) is 0 Å². The minimum Gasteiger partial charge on any atom is -0.0622 e. The molecular weight excluding hydrogens is 793 g/mol. The van der Waals surface area contributed by atoms with E-state index in [4.69, 9.17) is 0 Å². The van der Waals surface area contributed by atoms with Crippen LogP contribution >= 0.6 is 0 Å². The zero-order chi connectivity index (χ0) is 43.6. The molecule has 13 rings (SSSR count). The monoisotopic (exact) mass is 834 g/mol. The molecule has 13 aromatic rings. The number of hydrogen-bond donors (Lipinski definition) is 0. The van der Waals surface area contributed by atoms with Crippen molar-refractivity contribution in [3.8, 4) is 66.8 Å². The fourth-order valence-corrected chi connectivity index (χ4v) is 10.9. The van der Waals surface area contributed by atoms with Crippen LogP contribution in [0.4, 0.5) is 0 Å². The van der Waals surface area contributed by atoms with Gasteiger partial charge in [0.15, 0.2) is 0 Å². The standard InChI is InChI=1S/C66H42/c1-2-20-45(21-3-1)62-52-27-7-6-19-44(52)38-39-53(62)49-24-17-26-51(42-49)64-56-30-10-14-34-60(56)66(61-35-15-11-31-57(61)64)65-58-32-12-8-28-54(58)63(55-29-9-13-33-59(55)65)50-25-16-23-47(41-50)48-37-36-43-18-4-5-22-46(43)40-48/h1-42H. The van der Waals surface area contributed by atoms with Crippen molar-refractivity contribution in [1.29, 1.82) is 0 Å². The van der Waals surface area contributed by atoms with Crippen LogP contribution in [0.5, 0.6) is 0 Å². The predicted molar refractivity (Wildman–Crippen MR) is 284 cm³/mol. The molecule has 0 N–H and O–H groups in total. The van der Waals surface area contributed by atoms with E-state index in [0.717, 1.165) is 0 Å². The molecule has 0 fully saturated rings. The van der Waals surface area contributed by atoms with Gasteiger partial charge < -0.3 is 0 Å². The molecule has 0 amide bonds. The summed E-state index contributed by atoms with van der Waals surface area (Å²) in [6.07, 6.45) is 0. The van der Waals surface area contributed by atoms with Crippen LogP contribution in [0, 0.1) is 0 Å². The van der Waals surface area contributed by atoms with Crippen LogP contribution in [-0.2, 0) is 0 Å². The Morgan fingerprint density at radius 3 is 1.06 bits per heavy atom. The summed E-state index contributed by atoms with van der Waals surface area (Å²) in [6, 6.07) is 94.2. The fourth-order valence-electron chi connectivity index (χ4n) is 10.9. The van der Waals surface area contributed by atoms with Gasteiger partial charge in [0.2, 0.25) is 0 Å². The van der Waals surface area contributed by atoms with Gasteiger partial charge in [-0.3, -0.25) is 0 Å². The Balaban J connectivity index is 1.04. The van der Waals surface area contributed by atoms with Crippen molar-refractivity contribution in [3.63, 3.8) is 0 Å². The minimum atomic E-state index is 1.20. The van der Waals surface area contributed by atoms with Crippen LogP contribution in [-0.4, -0.2) is 0 Å². The first-order chi connectivity index (χ1) is 32.8. The first-order valence-electron chi connectivity index (χ1n) is 22.9. The van der Waals surface area contributed by atoms with Gasteiger partial charge in [-0.05, 0) is 150 Å². The Bertz CT molecular complexity index is 3930. The van der Waals surface area contributed by atoms with E-state index in [1.165, 1.54) is 131 Å². The van der Waals surface area contributed by atoms with E-state index < -0.39 is 0 Å². The first kappa shape index (κ1) is 37.9. The highest BCUT2D eigenvalue weighted by atomic mass is 14.3. The summed E-state index contributed by atoms with van der Waals surface area (Å²) in [4.78, 5) is 0. The third-order valence-electron chi connectivity index (χ3n) is 13.8. The van der Waals surface area contributed by atoms with Gasteiger partial charge in [0, 0.05) is 0 Å². The molecule has 0 atom stereocenters. The fraction of sp³-hybridized carbons (Fsp3) is 0. The largest absolute Gasteiger partial charge is 0.0622 e. The van der Waals surface area contributed by atoms with Crippen LogP contribution in [0.1, 0.15) is 0 Å². The lowest BCUT2D eigenvalue weighted by Gasteiger charge is -2.22. The van der Waals surface area contributed by atoms with Crippen LogP contribution in [0.25, 0.3) is 131 Å². The topological polar surface area (TPSA) is 0 Å². The molecule has 0 saturated carbocycles. The summed E-state index contributed by atoms with van der Waals surface area (Å²) in [6.45, 7) is 0. The molecular formula is C66H42. The molecule has 0 spiro atoms. The smallest absolute Gasteiger partial charge is 0.00139 e. The van der Waals surface area contributed by atoms with Crippen molar-refractivity contribution >= 4 is 64.6 Å². The predicted octanol–water partition coefficient (Wildman–Crippen LogP) is 18.6. The SMILES string of the molecule is c1ccc(-c2c(-c3cccc(-c4c5ccccc5c(-c5c6ccccc6c(-c6cccc(-c7ccc8ccccc8c7)c6)c6ccccc56)c5ccccc45)c3)ccc3ccccc23)cc1. The van der Waals surface area contributed by atoms with Gasteiger partial charge in [-0.25, -0.2) is 0 Å². The van der Waals surface area contributed by atoms with Crippen LogP contribution in [0.2, 0.25) is 0 Å². The molecule has 0 aliphatic heterocycles. The highest BCUT2D eigenvalue weighted by Crippen LogP contribution is 2.51. The van der Waals surface area contributed by atoms with E-state index >= 15 is 0 Å². The zero-order valence-corrected chi connectivity index (χ0v) is 36.2. The first-order valence-corrected chi connectivity index (χ1v) is 22.9. The summed E-state index contributed by atoms with van der Waals surface area (Å²) >= 11 is 0. The third kappa shape index (κ3) is 6.15. The van der Waals surface area contributed by atoms with E-state index in [-0.39, 0.29) is 0 Å². The molecule has 306 valence electrons. The van der Waals surface area contributed by atoms with Crippen LogP contribution in [0.15, 0.2) is 255 Å². The maximum Gasteiger partial charge on any atom is -0.00139 e. The van der Waals surface area contributed by atoms with Gasteiger partial charge in [0.25, 0.3) is 0 Å². The van der Waals surface area contributed by atoms with Crippen LogP contribution < -0.4 is 0 Å². The summed E-state index contributed by atoms with van der Waals surface area (Å²) in [5.74, 6) is 0. The number of benzene rings is 13. The normalized spacial score (nSPS) is 11.6. The summed E-state index contributed by atoms with van der Waals surface area (Å²) in [5.41, 5.74) is 14.8. The van der Waals surface area contributed by atoms with Crippen molar-refractivity contribution < 1.29 is 0 Å². The Hall–Kier alpha value is -8.58.